The number of nitrogens with one attached hydrogen (secondary N) is 2. The van der Waals surface area contributed by atoms with Crippen molar-refractivity contribution < 1.29 is 19.1 Å². The van der Waals surface area contributed by atoms with Crippen LogP contribution in [-0.2, 0) is 16.1 Å². The van der Waals surface area contributed by atoms with Crippen molar-refractivity contribution in [3.63, 3.8) is 0 Å². The monoisotopic (exact) mass is 472 g/mol. The minimum Gasteiger partial charge on any atom is -0.444 e. The molecular formula is C24H29ClN4O4. The molecule has 0 radical (unpaired) electrons. The van der Waals surface area contributed by atoms with E-state index >= 15 is 0 Å². The zero-order chi connectivity index (χ0) is 24.2. The Morgan fingerprint density at radius 1 is 1.09 bits per heavy atom. The van der Waals surface area contributed by atoms with Crippen molar-refractivity contribution in [1.29, 1.82) is 0 Å². The molecule has 1 atom stereocenters. The van der Waals surface area contributed by atoms with Crippen molar-refractivity contribution in [2.75, 3.05) is 25.5 Å². The fourth-order valence-electron chi connectivity index (χ4n) is 3.38. The molecule has 1 aliphatic rings. The molecule has 1 saturated heterocycles. The average molecular weight is 473 g/mol. The Bertz CT molecular complexity index is 1000. The van der Waals surface area contributed by atoms with E-state index < -0.39 is 11.7 Å². The highest BCUT2D eigenvalue weighted by atomic mass is 35.5. The maximum atomic E-state index is 12.7. The van der Waals surface area contributed by atoms with Crippen LogP contribution in [-0.4, -0.2) is 53.6 Å². The van der Waals surface area contributed by atoms with Gasteiger partial charge in [0.05, 0.1) is 6.04 Å². The van der Waals surface area contributed by atoms with E-state index in [9.17, 15) is 14.4 Å². The first-order valence-corrected chi connectivity index (χ1v) is 11.0. The van der Waals surface area contributed by atoms with Gasteiger partial charge >= 0.3 is 12.1 Å². The smallest absolute Gasteiger partial charge is 0.411 e. The Morgan fingerprint density at radius 3 is 2.33 bits per heavy atom. The van der Waals surface area contributed by atoms with Crippen molar-refractivity contribution in [2.45, 2.75) is 39.0 Å². The first-order chi connectivity index (χ1) is 15.5. The number of amides is 4. The molecule has 1 fully saturated rings. The number of hydrogen-bond acceptors (Lipinski definition) is 4. The van der Waals surface area contributed by atoms with E-state index in [2.05, 4.69) is 10.6 Å². The highest BCUT2D eigenvalue weighted by molar-refractivity contribution is 6.30. The van der Waals surface area contributed by atoms with Gasteiger partial charge in [0, 0.05) is 30.8 Å². The largest absolute Gasteiger partial charge is 0.444 e. The van der Waals surface area contributed by atoms with E-state index in [1.54, 1.807) is 57.0 Å². The van der Waals surface area contributed by atoms with Crippen LogP contribution in [0.25, 0.3) is 0 Å². The van der Waals surface area contributed by atoms with Crippen LogP contribution in [0.15, 0.2) is 48.5 Å². The fourth-order valence-corrected chi connectivity index (χ4v) is 3.51. The highest BCUT2D eigenvalue weighted by Gasteiger charge is 2.36. The lowest BCUT2D eigenvalue weighted by molar-refractivity contribution is -0.136. The Morgan fingerprint density at radius 2 is 1.73 bits per heavy atom. The summed E-state index contributed by atoms with van der Waals surface area (Å²) in [6, 6.07) is 13.7. The molecule has 33 heavy (non-hydrogen) atoms. The lowest BCUT2D eigenvalue weighted by atomic mass is 10.0. The van der Waals surface area contributed by atoms with Crippen LogP contribution >= 0.6 is 11.6 Å². The molecule has 0 aliphatic carbocycles. The molecule has 4 amide bonds. The number of ether oxygens (including phenoxy) is 1. The number of halogens is 1. The van der Waals surface area contributed by atoms with Gasteiger partial charge in [-0.3, -0.25) is 9.69 Å². The van der Waals surface area contributed by atoms with Crippen LogP contribution in [0.3, 0.4) is 0 Å². The van der Waals surface area contributed by atoms with Crippen LogP contribution in [0.1, 0.15) is 37.9 Å². The van der Waals surface area contributed by atoms with E-state index in [1.165, 1.54) is 4.90 Å². The number of benzene rings is 2. The normalized spacial score (nSPS) is 16.4. The predicted molar refractivity (Wildman–Crippen MR) is 127 cm³/mol. The van der Waals surface area contributed by atoms with Gasteiger partial charge in [0.1, 0.15) is 12.1 Å². The number of carbonyl (C=O) groups is 3. The lowest BCUT2D eigenvalue weighted by Crippen LogP contribution is -2.53. The quantitative estimate of drug-likeness (QED) is 0.689. The second kappa shape index (κ2) is 10.1. The summed E-state index contributed by atoms with van der Waals surface area (Å²) in [4.78, 5) is 40.2. The zero-order valence-corrected chi connectivity index (χ0v) is 20.0. The Balaban J connectivity index is 1.64. The summed E-state index contributed by atoms with van der Waals surface area (Å²) in [6.07, 6.45) is -0.530. The number of rotatable bonds is 4. The summed E-state index contributed by atoms with van der Waals surface area (Å²) in [5.41, 5.74) is 1.72. The molecule has 2 aromatic rings. The standard InChI is InChI=1S/C24H29ClN4O4/c1-24(2,3)33-23(32)29-15-21(30)28(4)14-20(29)17-7-11-19(12-8-17)27-22(31)26-13-16-5-9-18(25)10-6-16/h5-12,20H,13-15H2,1-4H3,(H2,26,27,31). The maximum absolute atomic E-state index is 12.7. The summed E-state index contributed by atoms with van der Waals surface area (Å²) in [6.45, 7) is 6.03. The van der Waals surface area contributed by atoms with E-state index in [4.69, 9.17) is 16.3 Å². The summed E-state index contributed by atoms with van der Waals surface area (Å²) in [7, 11) is 1.71. The molecule has 8 nitrogen and oxygen atoms in total. The number of carbonyl (C=O) groups excluding carboxylic acids is 3. The third-order valence-corrected chi connectivity index (χ3v) is 5.35. The van der Waals surface area contributed by atoms with Gasteiger partial charge in [-0.05, 0) is 56.2 Å². The van der Waals surface area contributed by atoms with Gasteiger partial charge < -0.3 is 20.3 Å². The van der Waals surface area contributed by atoms with Crippen LogP contribution in [0.4, 0.5) is 15.3 Å². The van der Waals surface area contributed by atoms with Crippen molar-refractivity contribution in [3.8, 4) is 0 Å². The van der Waals surface area contributed by atoms with Crippen molar-refractivity contribution >= 4 is 35.3 Å². The predicted octanol–water partition coefficient (Wildman–Crippen LogP) is 4.41. The second-order valence-electron chi connectivity index (χ2n) is 8.95. The molecule has 0 spiro atoms. The Kier molecular flexibility index (Phi) is 7.48. The molecule has 1 aliphatic heterocycles. The van der Waals surface area contributed by atoms with Crippen molar-refractivity contribution in [1.82, 2.24) is 15.1 Å². The molecule has 0 aromatic heterocycles. The summed E-state index contributed by atoms with van der Waals surface area (Å²) in [5, 5.41) is 6.22. The molecule has 0 saturated carbocycles. The minimum absolute atomic E-state index is 0.0524. The SMILES string of the molecule is CN1CC(c2ccc(NC(=O)NCc3ccc(Cl)cc3)cc2)N(C(=O)OC(C)(C)C)CC1=O. The number of hydrogen-bond donors (Lipinski definition) is 2. The summed E-state index contributed by atoms with van der Waals surface area (Å²) >= 11 is 5.87. The van der Waals surface area contributed by atoms with Crippen LogP contribution in [0.2, 0.25) is 5.02 Å². The molecule has 0 bridgehead atoms. The van der Waals surface area contributed by atoms with Gasteiger partial charge in [-0.15, -0.1) is 0 Å². The zero-order valence-electron chi connectivity index (χ0n) is 19.2. The van der Waals surface area contributed by atoms with Crippen LogP contribution in [0.5, 0.6) is 0 Å². The molecule has 9 heteroatoms. The van der Waals surface area contributed by atoms with Gasteiger partial charge in [-0.25, -0.2) is 9.59 Å². The molecule has 2 N–H and O–H groups in total. The topological polar surface area (TPSA) is 91.0 Å². The van der Waals surface area contributed by atoms with Gasteiger partial charge in [0.2, 0.25) is 5.91 Å². The highest BCUT2D eigenvalue weighted by Crippen LogP contribution is 2.28. The van der Waals surface area contributed by atoms with Crippen molar-refractivity contribution in [2.24, 2.45) is 0 Å². The van der Waals surface area contributed by atoms with E-state index in [1.807, 2.05) is 24.3 Å². The molecule has 1 heterocycles. The first kappa shape index (κ1) is 24.4. The fraction of sp³-hybridized carbons (Fsp3) is 0.375. The lowest BCUT2D eigenvalue weighted by Gasteiger charge is -2.40. The second-order valence-corrected chi connectivity index (χ2v) is 9.39. The minimum atomic E-state index is -0.665. The van der Waals surface area contributed by atoms with Crippen molar-refractivity contribution in [3.05, 3.63) is 64.7 Å². The van der Waals surface area contributed by atoms with Gasteiger partial charge in [0.15, 0.2) is 0 Å². The van der Waals surface area contributed by atoms with Gasteiger partial charge in [0.25, 0.3) is 0 Å². The molecule has 3 rings (SSSR count). The van der Waals surface area contributed by atoms with E-state index in [0.717, 1.165) is 11.1 Å². The number of piperazine rings is 1. The van der Waals surface area contributed by atoms with Gasteiger partial charge in [-0.2, -0.15) is 0 Å². The Hall–Kier alpha value is -3.26. The number of nitrogens with zero attached hydrogens (tertiary/aromatic N) is 2. The van der Waals surface area contributed by atoms with E-state index in [0.29, 0.717) is 23.8 Å². The number of likely N-dealkylation sites (N-methyl/N-ethyl adjacent to an activating group) is 1. The molecule has 2 aromatic carbocycles. The van der Waals surface area contributed by atoms with E-state index in [-0.39, 0.29) is 24.5 Å². The van der Waals surface area contributed by atoms with Crippen LogP contribution < -0.4 is 10.6 Å². The first-order valence-electron chi connectivity index (χ1n) is 10.6. The molecular weight excluding hydrogens is 444 g/mol. The third kappa shape index (κ3) is 6.86. The Labute approximate surface area is 198 Å². The number of anilines is 1. The molecule has 1 unspecified atom stereocenters. The average Bonchev–Trinajstić information content (AvgIpc) is 2.74. The summed E-state index contributed by atoms with van der Waals surface area (Å²) < 4.78 is 5.50. The number of urea groups is 1. The summed E-state index contributed by atoms with van der Waals surface area (Å²) in [5.74, 6) is -0.146. The third-order valence-electron chi connectivity index (χ3n) is 5.10. The maximum Gasteiger partial charge on any atom is 0.411 e. The van der Waals surface area contributed by atoms with Crippen LogP contribution in [0, 0.1) is 0 Å². The van der Waals surface area contributed by atoms with Gasteiger partial charge in [-0.1, -0.05) is 35.9 Å². The molecule has 176 valence electrons.